The van der Waals surface area contributed by atoms with E-state index < -0.39 is 0 Å². The first-order chi connectivity index (χ1) is 13.2. The Morgan fingerprint density at radius 2 is 2.04 bits per heavy atom. The lowest BCUT2D eigenvalue weighted by atomic mass is 9.99. The fraction of sp³-hybridized carbons (Fsp3) is 0.286. The van der Waals surface area contributed by atoms with Crippen molar-refractivity contribution < 1.29 is 9.53 Å². The molecule has 6 nitrogen and oxygen atoms in total. The predicted octanol–water partition coefficient (Wildman–Crippen LogP) is 3.50. The van der Waals surface area contributed by atoms with E-state index >= 15 is 0 Å². The first kappa shape index (κ1) is 16.1. The SMILES string of the molecule is O=C(NCc1ccc2c(c1)-c1n[nH]c(=O)c3cccc(c13)O2)C1CCCC1. The Bertz CT molecular complexity index is 1110. The summed E-state index contributed by atoms with van der Waals surface area (Å²) in [5.74, 6) is 1.62. The average molecular weight is 361 g/mol. The van der Waals surface area contributed by atoms with Crippen molar-refractivity contribution in [1.82, 2.24) is 15.5 Å². The fourth-order valence-electron chi connectivity index (χ4n) is 4.07. The van der Waals surface area contributed by atoms with Crippen molar-refractivity contribution in [2.24, 2.45) is 5.92 Å². The molecule has 27 heavy (non-hydrogen) atoms. The lowest BCUT2D eigenvalue weighted by molar-refractivity contribution is -0.124. The van der Waals surface area contributed by atoms with Gasteiger partial charge in [-0.15, -0.1) is 0 Å². The molecule has 1 aromatic heterocycles. The molecule has 2 aromatic carbocycles. The minimum atomic E-state index is -0.234. The number of H-pyrrole nitrogens is 1. The molecule has 136 valence electrons. The highest BCUT2D eigenvalue weighted by Gasteiger charge is 2.24. The average Bonchev–Trinajstić information content (AvgIpc) is 3.23. The number of hydrogen-bond donors (Lipinski definition) is 2. The normalized spacial score (nSPS) is 15.4. The van der Waals surface area contributed by atoms with Crippen LogP contribution in [0.3, 0.4) is 0 Å². The Hall–Kier alpha value is -3.15. The van der Waals surface area contributed by atoms with Gasteiger partial charge in [-0.1, -0.05) is 25.0 Å². The fourth-order valence-corrected chi connectivity index (χ4v) is 4.07. The number of ether oxygens (including phenoxy) is 1. The summed E-state index contributed by atoms with van der Waals surface area (Å²) in [6.45, 7) is 0.469. The van der Waals surface area contributed by atoms with Gasteiger partial charge in [-0.05, 0) is 42.7 Å². The molecule has 5 rings (SSSR count). The van der Waals surface area contributed by atoms with Gasteiger partial charge in [0.1, 0.15) is 17.2 Å². The van der Waals surface area contributed by atoms with E-state index in [1.54, 1.807) is 12.1 Å². The van der Waals surface area contributed by atoms with E-state index in [-0.39, 0.29) is 17.4 Å². The smallest absolute Gasteiger partial charge is 0.272 e. The van der Waals surface area contributed by atoms with Gasteiger partial charge in [-0.2, -0.15) is 5.10 Å². The zero-order valence-electron chi connectivity index (χ0n) is 14.7. The van der Waals surface area contributed by atoms with Crippen LogP contribution in [0.2, 0.25) is 0 Å². The second-order valence-corrected chi connectivity index (χ2v) is 7.21. The zero-order valence-corrected chi connectivity index (χ0v) is 14.7. The number of hydrogen-bond acceptors (Lipinski definition) is 4. The van der Waals surface area contributed by atoms with Gasteiger partial charge >= 0.3 is 0 Å². The number of benzene rings is 2. The zero-order chi connectivity index (χ0) is 18.4. The molecule has 0 spiro atoms. The third-order valence-electron chi connectivity index (χ3n) is 5.49. The van der Waals surface area contributed by atoms with Gasteiger partial charge in [0.25, 0.3) is 5.56 Å². The van der Waals surface area contributed by atoms with Crippen LogP contribution in [0.5, 0.6) is 11.5 Å². The third kappa shape index (κ3) is 2.68. The van der Waals surface area contributed by atoms with Crippen LogP contribution in [-0.4, -0.2) is 16.1 Å². The molecule has 3 aromatic rings. The first-order valence-corrected chi connectivity index (χ1v) is 9.31. The lowest BCUT2D eigenvalue weighted by Gasteiger charge is -2.20. The van der Waals surface area contributed by atoms with Crippen molar-refractivity contribution in [3.63, 3.8) is 0 Å². The van der Waals surface area contributed by atoms with E-state index in [1.165, 1.54) is 0 Å². The molecule has 2 heterocycles. The summed E-state index contributed by atoms with van der Waals surface area (Å²) in [7, 11) is 0. The molecule has 1 amide bonds. The minimum absolute atomic E-state index is 0.136. The summed E-state index contributed by atoms with van der Waals surface area (Å²) in [6.07, 6.45) is 4.25. The molecular formula is C21H19N3O3. The second kappa shape index (κ2) is 6.23. The lowest BCUT2D eigenvalue weighted by Crippen LogP contribution is -2.28. The molecule has 0 bridgehead atoms. The summed E-state index contributed by atoms with van der Waals surface area (Å²) in [5, 5.41) is 11.2. The van der Waals surface area contributed by atoms with Gasteiger partial charge in [0, 0.05) is 18.0 Å². The highest BCUT2D eigenvalue weighted by atomic mass is 16.5. The Balaban J connectivity index is 1.49. The van der Waals surface area contributed by atoms with Crippen molar-refractivity contribution in [3.8, 4) is 22.8 Å². The summed E-state index contributed by atoms with van der Waals surface area (Å²) in [4.78, 5) is 24.4. The van der Waals surface area contributed by atoms with Gasteiger partial charge in [0.2, 0.25) is 5.91 Å². The van der Waals surface area contributed by atoms with Crippen LogP contribution >= 0.6 is 0 Å². The van der Waals surface area contributed by atoms with Crippen LogP contribution in [0.4, 0.5) is 0 Å². The van der Waals surface area contributed by atoms with Crippen LogP contribution in [-0.2, 0) is 11.3 Å². The molecule has 0 saturated heterocycles. The number of nitrogens with zero attached hydrogens (tertiary/aromatic N) is 1. The topological polar surface area (TPSA) is 84.1 Å². The predicted molar refractivity (Wildman–Crippen MR) is 102 cm³/mol. The molecular weight excluding hydrogens is 342 g/mol. The minimum Gasteiger partial charge on any atom is -0.456 e. The Kier molecular flexibility index (Phi) is 3.70. The van der Waals surface area contributed by atoms with Crippen molar-refractivity contribution >= 4 is 16.7 Å². The van der Waals surface area contributed by atoms with Gasteiger partial charge in [-0.3, -0.25) is 9.59 Å². The maximum Gasteiger partial charge on any atom is 0.272 e. The number of aromatic nitrogens is 2. The molecule has 2 N–H and O–H groups in total. The van der Waals surface area contributed by atoms with Crippen molar-refractivity contribution in [2.45, 2.75) is 32.2 Å². The monoisotopic (exact) mass is 361 g/mol. The van der Waals surface area contributed by atoms with Gasteiger partial charge < -0.3 is 10.1 Å². The number of nitrogens with one attached hydrogen (secondary N) is 2. The summed E-state index contributed by atoms with van der Waals surface area (Å²) in [5.41, 5.74) is 2.26. The summed E-state index contributed by atoms with van der Waals surface area (Å²) >= 11 is 0. The van der Waals surface area contributed by atoms with E-state index in [0.717, 1.165) is 42.2 Å². The first-order valence-electron chi connectivity index (χ1n) is 9.31. The van der Waals surface area contributed by atoms with E-state index in [1.807, 2.05) is 24.3 Å². The van der Waals surface area contributed by atoms with E-state index in [2.05, 4.69) is 15.5 Å². The van der Waals surface area contributed by atoms with Crippen LogP contribution in [0.15, 0.2) is 41.2 Å². The van der Waals surface area contributed by atoms with E-state index in [0.29, 0.717) is 29.1 Å². The maximum absolute atomic E-state index is 12.3. The highest BCUT2D eigenvalue weighted by Crippen LogP contribution is 2.44. The number of amides is 1. The molecule has 2 aliphatic rings. The molecule has 1 saturated carbocycles. The van der Waals surface area contributed by atoms with E-state index in [4.69, 9.17) is 4.74 Å². The molecule has 0 atom stereocenters. The molecule has 1 aliphatic heterocycles. The van der Waals surface area contributed by atoms with Crippen molar-refractivity contribution in [3.05, 3.63) is 52.3 Å². The number of aromatic amines is 1. The summed E-state index contributed by atoms with van der Waals surface area (Å²) < 4.78 is 5.99. The third-order valence-corrected chi connectivity index (χ3v) is 5.49. The maximum atomic E-state index is 12.3. The van der Waals surface area contributed by atoms with Crippen molar-refractivity contribution in [2.75, 3.05) is 0 Å². The number of carbonyl (C=O) groups excluding carboxylic acids is 1. The number of rotatable bonds is 3. The van der Waals surface area contributed by atoms with Crippen LogP contribution in [0.1, 0.15) is 31.2 Å². The van der Waals surface area contributed by atoms with Gasteiger partial charge in [0.15, 0.2) is 0 Å². The van der Waals surface area contributed by atoms with Gasteiger partial charge in [-0.25, -0.2) is 5.10 Å². The van der Waals surface area contributed by atoms with Crippen LogP contribution < -0.4 is 15.6 Å². The van der Waals surface area contributed by atoms with E-state index in [9.17, 15) is 9.59 Å². The number of carbonyl (C=O) groups is 1. The quantitative estimate of drug-likeness (QED) is 0.585. The second-order valence-electron chi connectivity index (χ2n) is 7.21. The Morgan fingerprint density at radius 1 is 1.19 bits per heavy atom. The largest absolute Gasteiger partial charge is 0.456 e. The number of fused-ring (bicyclic) bond motifs is 2. The molecule has 1 aliphatic carbocycles. The standard InChI is InChI=1S/C21H19N3O3/c25-20(13-4-1-2-5-13)22-11-12-8-9-16-15(10-12)19-18-14(21(26)24-23-19)6-3-7-17(18)27-16/h3,6-10,13H,1-2,4-5,11H2,(H,22,25)(H,24,26). The Labute approximate surface area is 155 Å². The molecule has 6 heteroatoms. The van der Waals surface area contributed by atoms with Crippen LogP contribution in [0.25, 0.3) is 22.0 Å². The molecule has 0 unspecified atom stereocenters. The summed E-state index contributed by atoms with van der Waals surface area (Å²) in [6, 6.07) is 11.2. The van der Waals surface area contributed by atoms with Crippen molar-refractivity contribution in [1.29, 1.82) is 0 Å². The van der Waals surface area contributed by atoms with Crippen LogP contribution in [0, 0.1) is 5.92 Å². The highest BCUT2D eigenvalue weighted by molar-refractivity contribution is 6.01. The van der Waals surface area contributed by atoms with Gasteiger partial charge in [0.05, 0.1) is 10.8 Å². The molecule has 0 radical (unpaired) electrons. The Morgan fingerprint density at radius 3 is 2.89 bits per heavy atom. The molecule has 1 fully saturated rings.